The van der Waals surface area contributed by atoms with Crippen LogP contribution in [0, 0.1) is 0 Å². The van der Waals surface area contributed by atoms with E-state index in [1.165, 1.54) is 37.3 Å². The maximum Gasteiger partial charge on any atom is 0.194 e. The molecule has 1 aromatic rings. The number of para-hydroxylation sites is 1. The summed E-state index contributed by atoms with van der Waals surface area (Å²) < 4.78 is 0. The maximum absolute atomic E-state index is 4.94. The molecule has 2 heterocycles. The van der Waals surface area contributed by atoms with Gasteiger partial charge in [-0.15, -0.1) is 0 Å². The second-order valence-electron chi connectivity index (χ2n) is 6.36. The van der Waals surface area contributed by atoms with Crippen molar-refractivity contribution in [1.82, 2.24) is 10.2 Å². The first-order valence-electron chi connectivity index (χ1n) is 8.29. The number of benzene rings is 1. The first-order valence-corrected chi connectivity index (χ1v) is 8.29. The van der Waals surface area contributed by atoms with E-state index in [4.69, 9.17) is 4.99 Å². The minimum absolute atomic E-state index is 0.543. The van der Waals surface area contributed by atoms with Crippen LogP contribution in [-0.4, -0.2) is 49.1 Å². The largest absolute Gasteiger partial charge is 0.368 e. The van der Waals surface area contributed by atoms with Gasteiger partial charge in [0, 0.05) is 31.9 Å². The van der Waals surface area contributed by atoms with Crippen molar-refractivity contribution in [2.45, 2.75) is 37.8 Å². The van der Waals surface area contributed by atoms with Crippen LogP contribution in [0.4, 0.5) is 5.69 Å². The Morgan fingerprint density at radius 1 is 0.905 bits per heavy atom. The van der Waals surface area contributed by atoms with Gasteiger partial charge in [-0.1, -0.05) is 31.0 Å². The molecule has 0 aromatic heterocycles. The molecule has 1 N–H and O–H groups in total. The zero-order valence-corrected chi connectivity index (χ0v) is 12.5. The van der Waals surface area contributed by atoms with E-state index >= 15 is 0 Å². The summed E-state index contributed by atoms with van der Waals surface area (Å²) >= 11 is 0. The zero-order valence-electron chi connectivity index (χ0n) is 12.5. The summed E-state index contributed by atoms with van der Waals surface area (Å²) in [4.78, 5) is 9.86. The van der Waals surface area contributed by atoms with Gasteiger partial charge in [0.05, 0.1) is 12.1 Å². The standard InChI is InChI=1S/C17H24N4/c1-2-6-14(7-3-1)20-10-12-21(13-11-20)17-18-15-8-4-5-9-16(15)19-17/h1-3,6-7,15-16H,4-5,8-13H2,(H,18,19)/t15-,16-/m1/s1. The van der Waals surface area contributed by atoms with Crippen molar-refractivity contribution in [2.24, 2.45) is 4.99 Å². The molecule has 21 heavy (non-hydrogen) atoms. The molecule has 1 aliphatic carbocycles. The number of piperazine rings is 1. The molecule has 1 aromatic carbocycles. The number of hydrogen-bond donors (Lipinski definition) is 1. The van der Waals surface area contributed by atoms with Crippen LogP contribution in [0.5, 0.6) is 0 Å². The van der Waals surface area contributed by atoms with E-state index in [2.05, 4.69) is 45.4 Å². The van der Waals surface area contributed by atoms with E-state index in [1.54, 1.807) is 0 Å². The van der Waals surface area contributed by atoms with Crippen LogP contribution >= 0.6 is 0 Å². The molecule has 1 saturated carbocycles. The number of rotatable bonds is 1. The minimum atomic E-state index is 0.543. The Labute approximate surface area is 126 Å². The van der Waals surface area contributed by atoms with Gasteiger partial charge in [-0.2, -0.15) is 0 Å². The first kappa shape index (κ1) is 13.0. The molecule has 2 fully saturated rings. The normalized spacial score (nSPS) is 28.9. The van der Waals surface area contributed by atoms with Gasteiger partial charge in [0.25, 0.3) is 0 Å². The average molecular weight is 284 g/mol. The lowest BCUT2D eigenvalue weighted by molar-refractivity contribution is 0.363. The zero-order chi connectivity index (χ0) is 14.1. The Morgan fingerprint density at radius 2 is 1.62 bits per heavy atom. The molecule has 112 valence electrons. The Morgan fingerprint density at radius 3 is 2.38 bits per heavy atom. The van der Waals surface area contributed by atoms with Crippen molar-refractivity contribution < 1.29 is 0 Å². The summed E-state index contributed by atoms with van der Waals surface area (Å²) in [5.41, 5.74) is 1.34. The SMILES string of the molecule is c1ccc(N2CCN(C3=N[C@@H]4CCCC[C@H]4N3)CC2)cc1. The summed E-state index contributed by atoms with van der Waals surface area (Å²) in [7, 11) is 0. The Bertz CT molecular complexity index is 505. The first-order chi connectivity index (χ1) is 10.4. The van der Waals surface area contributed by atoms with E-state index < -0.39 is 0 Å². The summed E-state index contributed by atoms with van der Waals surface area (Å²) in [6.07, 6.45) is 5.27. The number of nitrogens with one attached hydrogen (secondary N) is 1. The smallest absolute Gasteiger partial charge is 0.194 e. The highest BCUT2D eigenvalue weighted by Gasteiger charge is 2.33. The number of nitrogens with zero attached hydrogens (tertiary/aromatic N) is 3. The van der Waals surface area contributed by atoms with Gasteiger partial charge in [0.15, 0.2) is 5.96 Å². The van der Waals surface area contributed by atoms with E-state index in [-0.39, 0.29) is 0 Å². The van der Waals surface area contributed by atoms with Gasteiger partial charge in [-0.25, -0.2) is 4.99 Å². The van der Waals surface area contributed by atoms with Crippen LogP contribution in [-0.2, 0) is 0 Å². The summed E-state index contributed by atoms with van der Waals surface area (Å²) in [5, 5.41) is 3.67. The predicted octanol–water partition coefficient (Wildman–Crippen LogP) is 2.08. The van der Waals surface area contributed by atoms with E-state index in [9.17, 15) is 0 Å². The highest BCUT2D eigenvalue weighted by Crippen LogP contribution is 2.26. The molecule has 2 atom stereocenters. The molecule has 0 bridgehead atoms. The van der Waals surface area contributed by atoms with E-state index in [0.717, 1.165) is 26.2 Å². The predicted molar refractivity (Wildman–Crippen MR) is 86.8 cm³/mol. The monoisotopic (exact) mass is 284 g/mol. The molecule has 4 rings (SSSR count). The van der Waals surface area contributed by atoms with Gasteiger partial charge < -0.3 is 15.1 Å². The van der Waals surface area contributed by atoms with Crippen LogP contribution in [0.3, 0.4) is 0 Å². The Hall–Kier alpha value is -1.71. The third kappa shape index (κ3) is 2.59. The lowest BCUT2D eigenvalue weighted by Crippen LogP contribution is -2.52. The van der Waals surface area contributed by atoms with Crippen LogP contribution in [0.1, 0.15) is 25.7 Å². The van der Waals surface area contributed by atoms with Gasteiger partial charge in [-0.05, 0) is 25.0 Å². The molecule has 4 nitrogen and oxygen atoms in total. The Balaban J connectivity index is 1.37. The second-order valence-corrected chi connectivity index (χ2v) is 6.36. The number of hydrogen-bond acceptors (Lipinski definition) is 4. The third-order valence-corrected chi connectivity index (χ3v) is 5.03. The topological polar surface area (TPSA) is 30.9 Å². The van der Waals surface area contributed by atoms with Gasteiger partial charge >= 0.3 is 0 Å². The molecule has 0 spiro atoms. The van der Waals surface area contributed by atoms with Crippen LogP contribution in [0.25, 0.3) is 0 Å². The molecule has 0 unspecified atom stereocenters. The fraction of sp³-hybridized carbons (Fsp3) is 0.588. The Kier molecular flexibility index (Phi) is 3.45. The van der Waals surface area contributed by atoms with Crippen molar-refractivity contribution in [2.75, 3.05) is 31.1 Å². The molecular formula is C17H24N4. The van der Waals surface area contributed by atoms with Crippen molar-refractivity contribution in [3.05, 3.63) is 30.3 Å². The fourth-order valence-corrected chi connectivity index (χ4v) is 3.78. The quantitative estimate of drug-likeness (QED) is 0.856. The summed E-state index contributed by atoms with van der Waals surface area (Å²) in [6.45, 7) is 4.31. The van der Waals surface area contributed by atoms with Crippen molar-refractivity contribution >= 4 is 11.6 Å². The second kappa shape index (κ2) is 5.58. The number of guanidine groups is 1. The maximum atomic E-state index is 4.94. The third-order valence-electron chi connectivity index (χ3n) is 5.03. The fourth-order valence-electron chi connectivity index (χ4n) is 3.78. The molecule has 2 aliphatic heterocycles. The number of aliphatic imine (C=N–C) groups is 1. The highest BCUT2D eigenvalue weighted by atomic mass is 15.4. The van der Waals surface area contributed by atoms with E-state index in [1.807, 2.05) is 0 Å². The molecule has 4 heteroatoms. The summed E-state index contributed by atoms with van der Waals surface area (Å²) in [5.74, 6) is 1.17. The van der Waals surface area contributed by atoms with Crippen LogP contribution < -0.4 is 10.2 Å². The van der Waals surface area contributed by atoms with E-state index in [0.29, 0.717) is 12.1 Å². The van der Waals surface area contributed by atoms with Crippen LogP contribution in [0.2, 0.25) is 0 Å². The van der Waals surface area contributed by atoms with Crippen molar-refractivity contribution in [1.29, 1.82) is 0 Å². The summed E-state index contributed by atoms with van der Waals surface area (Å²) in [6, 6.07) is 11.9. The van der Waals surface area contributed by atoms with Gasteiger partial charge in [0.2, 0.25) is 0 Å². The molecule has 3 aliphatic rings. The number of fused-ring (bicyclic) bond motifs is 1. The highest BCUT2D eigenvalue weighted by molar-refractivity contribution is 5.82. The molecule has 0 amide bonds. The van der Waals surface area contributed by atoms with Crippen molar-refractivity contribution in [3.63, 3.8) is 0 Å². The molecule has 0 radical (unpaired) electrons. The van der Waals surface area contributed by atoms with Crippen LogP contribution in [0.15, 0.2) is 35.3 Å². The van der Waals surface area contributed by atoms with Gasteiger partial charge in [0.1, 0.15) is 0 Å². The van der Waals surface area contributed by atoms with Gasteiger partial charge in [-0.3, -0.25) is 0 Å². The minimum Gasteiger partial charge on any atom is -0.368 e. The lowest BCUT2D eigenvalue weighted by atomic mass is 9.92. The van der Waals surface area contributed by atoms with Crippen molar-refractivity contribution in [3.8, 4) is 0 Å². The average Bonchev–Trinajstić information content (AvgIpc) is 3.00. The lowest BCUT2D eigenvalue weighted by Gasteiger charge is -2.37. The number of anilines is 1. The molecule has 1 saturated heterocycles. The molecular weight excluding hydrogens is 260 g/mol.